The molecule has 1 aliphatic heterocycles. The number of carbonyl (C=O) groups excluding carboxylic acids is 1. The highest BCUT2D eigenvalue weighted by atomic mass is 32.2. The molecule has 0 saturated carbocycles. The first-order valence-electron chi connectivity index (χ1n) is 7.98. The monoisotopic (exact) mass is 348 g/mol. The highest BCUT2D eigenvalue weighted by Crippen LogP contribution is 2.25. The number of hydrogen-bond acceptors (Lipinski definition) is 6. The minimum absolute atomic E-state index is 0.0245. The lowest BCUT2D eigenvalue weighted by molar-refractivity contribution is 0.0927. The highest BCUT2D eigenvalue weighted by molar-refractivity contribution is 7.98. The van der Waals surface area contributed by atoms with E-state index in [0.717, 1.165) is 5.39 Å². The minimum atomic E-state index is -0.284. The van der Waals surface area contributed by atoms with Crippen molar-refractivity contribution in [2.24, 2.45) is 0 Å². The number of ether oxygens (including phenoxy) is 1. The molecule has 24 heavy (non-hydrogen) atoms. The van der Waals surface area contributed by atoms with Crippen molar-refractivity contribution in [3.63, 3.8) is 0 Å². The van der Waals surface area contributed by atoms with Gasteiger partial charge in [0.2, 0.25) is 0 Å². The van der Waals surface area contributed by atoms with Crippen LogP contribution in [0.25, 0.3) is 11.0 Å². The van der Waals surface area contributed by atoms with E-state index in [9.17, 15) is 9.59 Å². The zero-order valence-electron chi connectivity index (χ0n) is 13.8. The maximum Gasteiger partial charge on any atom is 0.409 e. The maximum atomic E-state index is 12.4. The molecule has 1 aliphatic rings. The number of piperidine rings is 1. The van der Waals surface area contributed by atoms with Gasteiger partial charge in [0.25, 0.3) is 5.56 Å². The van der Waals surface area contributed by atoms with E-state index in [1.807, 2.05) is 6.26 Å². The van der Waals surface area contributed by atoms with Crippen LogP contribution < -0.4 is 5.56 Å². The normalized spacial score (nSPS) is 15.7. The number of fused-ring (bicyclic) bond motifs is 1. The van der Waals surface area contributed by atoms with Crippen LogP contribution in [0.1, 0.15) is 25.8 Å². The molecule has 0 unspecified atom stereocenters. The minimum Gasteiger partial charge on any atom is -0.450 e. The molecule has 0 aromatic carbocycles. The second-order valence-electron chi connectivity index (χ2n) is 5.59. The van der Waals surface area contributed by atoms with E-state index < -0.39 is 0 Å². The molecule has 0 aliphatic carbocycles. The van der Waals surface area contributed by atoms with Crippen LogP contribution in [0, 0.1) is 0 Å². The summed E-state index contributed by atoms with van der Waals surface area (Å²) in [4.78, 5) is 34.7. The first kappa shape index (κ1) is 16.8. The van der Waals surface area contributed by atoms with Gasteiger partial charge >= 0.3 is 6.09 Å². The van der Waals surface area contributed by atoms with E-state index in [1.54, 1.807) is 34.7 Å². The molecule has 0 bridgehead atoms. The van der Waals surface area contributed by atoms with Crippen molar-refractivity contribution in [2.75, 3.05) is 26.0 Å². The molecule has 1 amide bonds. The first-order valence-corrected chi connectivity index (χ1v) is 9.20. The molecule has 0 N–H and O–H groups in total. The van der Waals surface area contributed by atoms with Gasteiger partial charge in [0.1, 0.15) is 5.65 Å². The number of thioether (sulfide) groups is 1. The Morgan fingerprint density at radius 2 is 2.12 bits per heavy atom. The predicted molar refractivity (Wildman–Crippen MR) is 92.4 cm³/mol. The second-order valence-corrected chi connectivity index (χ2v) is 6.37. The lowest BCUT2D eigenvalue weighted by Crippen LogP contribution is -2.41. The third-order valence-electron chi connectivity index (χ3n) is 4.18. The quantitative estimate of drug-likeness (QED) is 0.626. The summed E-state index contributed by atoms with van der Waals surface area (Å²) in [6.45, 7) is 3.32. The zero-order valence-corrected chi connectivity index (χ0v) is 14.6. The summed E-state index contributed by atoms with van der Waals surface area (Å²) in [5, 5.41) is 1.49. The van der Waals surface area contributed by atoms with Crippen LogP contribution in [-0.4, -0.2) is 51.5 Å². The fourth-order valence-electron chi connectivity index (χ4n) is 3.00. The predicted octanol–water partition coefficient (Wildman–Crippen LogP) is 2.31. The lowest BCUT2D eigenvalue weighted by Gasteiger charge is -2.32. The Hall–Kier alpha value is -2.09. The molecule has 1 saturated heterocycles. The number of nitrogens with zero attached hydrogens (tertiary/aromatic N) is 4. The first-order chi connectivity index (χ1) is 11.6. The van der Waals surface area contributed by atoms with Crippen LogP contribution >= 0.6 is 11.8 Å². The van der Waals surface area contributed by atoms with Crippen LogP contribution in [0.3, 0.4) is 0 Å². The molecule has 3 rings (SSSR count). The number of carbonyl (C=O) groups is 1. The summed E-state index contributed by atoms with van der Waals surface area (Å²) in [5.74, 6) is 0. The van der Waals surface area contributed by atoms with E-state index in [1.165, 1.54) is 11.8 Å². The van der Waals surface area contributed by atoms with Gasteiger partial charge in [-0.1, -0.05) is 11.8 Å². The molecule has 3 heterocycles. The summed E-state index contributed by atoms with van der Waals surface area (Å²) in [7, 11) is 0. The molecule has 2 aromatic rings. The van der Waals surface area contributed by atoms with Crippen molar-refractivity contribution < 1.29 is 9.53 Å². The van der Waals surface area contributed by atoms with Crippen molar-refractivity contribution in [1.29, 1.82) is 0 Å². The van der Waals surface area contributed by atoms with Gasteiger partial charge in [-0.05, 0) is 32.1 Å². The average molecular weight is 348 g/mol. The van der Waals surface area contributed by atoms with Crippen LogP contribution in [0.5, 0.6) is 0 Å². The van der Waals surface area contributed by atoms with Crippen LogP contribution in [0.4, 0.5) is 4.79 Å². The molecule has 7 nitrogen and oxygen atoms in total. The van der Waals surface area contributed by atoms with Crippen molar-refractivity contribution in [3.05, 3.63) is 28.7 Å². The molecule has 0 spiro atoms. The van der Waals surface area contributed by atoms with E-state index in [0.29, 0.717) is 43.3 Å². The van der Waals surface area contributed by atoms with Crippen LogP contribution in [-0.2, 0) is 4.74 Å². The Morgan fingerprint density at radius 3 is 2.79 bits per heavy atom. The summed E-state index contributed by atoms with van der Waals surface area (Å²) in [5.41, 5.74) is 0.597. The number of aromatic nitrogens is 3. The molecule has 1 fully saturated rings. The molecule has 2 aromatic heterocycles. The Bertz CT molecular complexity index is 799. The fraction of sp³-hybridized carbons (Fsp3) is 0.500. The second kappa shape index (κ2) is 7.21. The molecular formula is C16H20N4O3S. The van der Waals surface area contributed by atoms with Crippen LogP contribution in [0.15, 0.2) is 28.3 Å². The SMILES string of the molecule is CCOC(=O)N1CCC(n2c(=O)ccc3cnc(SC)nc32)CC1. The van der Waals surface area contributed by atoms with Crippen molar-refractivity contribution in [1.82, 2.24) is 19.4 Å². The van der Waals surface area contributed by atoms with E-state index >= 15 is 0 Å². The Kier molecular flexibility index (Phi) is 5.03. The number of hydrogen-bond donors (Lipinski definition) is 0. The van der Waals surface area contributed by atoms with Gasteiger partial charge in [0.15, 0.2) is 5.16 Å². The Labute approximate surface area is 144 Å². The molecular weight excluding hydrogens is 328 g/mol. The van der Waals surface area contributed by atoms with Gasteiger partial charge in [0, 0.05) is 36.8 Å². The van der Waals surface area contributed by atoms with E-state index in [-0.39, 0.29) is 17.7 Å². The lowest BCUT2D eigenvalue weighted by atomic mass is 10.0. The highest BCUT2D eigenvalue weighted by Gasteiger charge is 2.26. The number of likely N-dealkylation sites (tertiary alicyclic amines) is 1. The smallest absolute Gasteiger partial charge is 0.409 e. The Morgan fingerprint density at radius 1 is 1.38 bits per heavy atom. The molecule has 8 heteroatoms. The van der Waals surface area contributed by atoms with Gasteiger partial charge in [-0.3, -0.25) is 9.36 Å². The summed E-state index contributed by atoms with van der Waals surface area (Å²) < 4.78 is 6.79. The van der Waals surface area contributed by atoms with Gasteiger partial charge in [0.05, 0.1) is 6.61 Å². The topological polar surface area (TPSA) is 77.3 Å². The average Bonchev–Trinajstić information content (AvgIpc) is 2.61. The fourth-order valence-corrected chi connectivity index (χ4v) is 3.33. The van der Waals surface area contributed by atoms with Gasteiger partial charge in [-0.15, -0.1) is 0 Å². The largest absolute Gasteiger partial charge is 0.450 e. The number of pyridine rings is 1. The summed E-state index contributed by atoms with van der Waals surface area (Å²) in [6.07, 6.45) is 4.78. The number of amides is 1. The van der Waals surface area contributed by atoms with E-state index in [4.69, 9.17) is 4.74 Å². The van der Waals surface area contributed by atoms with Crippen molar-refractivity contribution in [3.8, 4) is 0 Å². The summed E-state index contributed by atoms with van der Waals surface area (Å²) >= 11 is 1.45. The molecule has 128 valence electrons. The molecule has 0 radical (unpaired) electrons. The Balaban J connectivity index is 1.89. The number of rotatable bonds is 3. The standard InChI is InChI=1S/C16H20N4O3S/c1-3-23-16(22)19-8-6-12(7-9-19)20-13(21)5-4-11-10-17-15(24-2)18-14(11)20/h4-5,10,12H,3,6-9H2,1-2H3. The molecule has 0 atom stereocenters. The van der Waals surface area contributed by atoms with Crippen molar-refractivity contribution in [2.45, 2.75) is 31.0 Å². The van der Waals surface area contributed by atoms with Crippen LogP contribution in [0.2, 0.25) is 0 Å². The van der Waals surface area contributed by atoms with E-state index in [2.05, 4.69) is 9.97 Å². The van der Waals surface area contributed by atoms with Gasteiger partial charge < -0.3 is 9.64 Å². The van der Waals surface area contributed by atoms with Gasteiger partial charge in [-0.25, -0.2) is 14.8 Å². The third kappa shape index (κ3) is 3.24. The third-order valence-corrected chi connectivity index (χ3v) is 4.74. The summed E-state index contributed by atoms with van der Waals surface area (Å²) in [6, 6.07) is 3.34. The maximum absolute atomic E-state index is 12.4. The van der Waals surface area contributed by atoms with Crippen molar-refractivity contribution >= 4 is 28.9 Å². The zero-order chi connectivity index (χ0) is 17.1. The van der Waals surface area contributed by atoms with Gasteiger partial charge in [-0.2, -0.15) is 0 Å².